The molecule has 0 fully saturated rings. The second-order valence-corrected chi connectivity index (χ2v) is 11.8. The first kappa shape index (κ1) is 26.6. The molecule has 1 aliphatic rings. The summed E-state index contributed by atoms with van der Waals surface area (Å²) in [6, 6.07) is 7.66. The summed E-state index contributed by atoms with van der Waals surface area (Å²) in [5.41, 5.74) is 4.33. The van der Waals surface area contributed by atoms with Crippen molar-refractivity contribution in [3.8, 4) is 21.7 Å². The Labute approximate surface area is 240 Å². The highest BCUT2D eigenvalue weighted by molar-refractivity contribution is 7.15. The lowest BCUT2D eigenvalue weighted by Gasteiger charge is -2.13. The number of anilines is 1. The lowest BCUT2D eigenvalue weighted by Crippen LogP contribution is -2.14. The Kier molecular flexibility index (Phi) is 7.00. The summed E-state index contributed by atoms with van der Waals surface area (Å²) in [6.07, 6.45) is 10.4. The number of amides is 1. The van der Waals surface area contributed by atoms with Gasteiger partial charge in [-0.15, -0.1) is 11.3 Å². The van der Waals surface area contributed by atoms with Gasteiger partial charge in [-0.3, -0.25) is 14.8 Å². The summed E-state index contributed by atoms with van der Waals surface area (Å²) in [4.78, 5) is 40.7. The van der Waals surface area contributed by atoms with E-state index >= 15 is 4.39 Å². The number of aromatic nitrogens is 5. The molecule has 0 saturated carbocycles. The van der Waals surface area contributed by atoms with E-state index in [-0.39, 0.29) is 34.7 Å². The lowest BCUT2D eigenvalue weighted by atomic mass is 9.98. The third kappa shape index (κ3) is 5.30. The Hall–Kier alpha value is -4.57. The van der Waals surface area contributed by atoms with Gasteiger partial charge in [0.1, 0.15) is 22.9 Å². The minimum atomic E-state index is -0.493. The van der Waals surface area contributed by atoms with Crippen LogP contribution in [-0.4, -0.2) is 37.0 Å². The van der Waals surface area contributed by atoms with Gasteiger partial charge in [-0.25, -0.2) is 19.4 Å². The monoisotopic (exact) mass is 565 g/mol. The Bertz CT molecular complexity index is 1850. The third-order valence-electron chi connectivity index (χ3n) is 6.68. The number of fused-ring (bicyclic) bond motifs is 2. The molecule has 0 aliphatic carbocycles. The highest BCUT2D eigenvalue weighted by Gasteiger charge is 2.26. The molecule has 206 valence electrons. The molecule has 5 aromatic heterocycles. The number of aromatic amines is 1. The van der Waals surface area contributed by atoms with Crippen LogP contribution in [0.3, 0.4) is 0 Å². The second-order valence-electron chi connectivity index (χ2n) is 10.6. The molecule has 0 aromatic carbocycles. The summed E-state index contributed by atoms with van der Waals surface area (Å²) >= 11 is 1.65. The number of halogens is 1. The van der Waals surface area contributed by atoms with Crippen LogP contribution < -0.4 is 5.32 Å². The van der Waals surface area contributed by atoms with Gasteiger partial charge in [-0.05, 0) is 37.1 Å². The molecule has 0 radical (unpaired) electrons. The van der Waals surface area contributed by atoms with Gasteiger partial charge >= 0.3 is 0 Å². The molecule has 1 atom stereocenters. The van der Waals surface area contributed by atoms with E-state index in [1.807, 2.05) is 39.0 Å². The minimum Gasteiger partial charge on any atom is -0.338 e. The fraction of sp³-hybridized carbons (Fsp3) is 0.226. The van der Waals surface area contributed by atoms with E-state index in [4.69, 9.17) is 4.98 Å². The Morgan fingerprint density at radius 1 is 1.17 bits per heavy atom. The van der Waals surface area contributed by atoms with E-state index in [9.17, 15) is 4.79 Å². The molecule has 8 nitrogen and oxygen atoms in total. The summed E-state index contributed by atoms with van der Waals surface area (Å²) in [6.45, 7) is 7.98. The van der Waals surface area contributed by atoms with Crippen LogP contribution in [0, 0.1) is 24.6 Å². The quantitative estimate of drug-likeness (QED) is 0.224. The third-order valence-corrected chi connectivity index (χ3v) is 7.69. The molecule has 6 heterocycles. The van der Waals surface area contributed by atoms with Gasteiger partial charge < -0.3 is 10.3 Å². The average molecular weight is 566 g/mol. The van der Waals surface area contributed by atoms with Crippen LogP contribution in [0.1, 0.15) is 43.5 Å². The Morgan fingerprint density at radius 2 is 2.02 bits per heavy atom. The number of carbonyl (C=O) groups excluding carboxylic acids is 1. The Morgan fingerprint density at radius 3 is 2.80 bits per heavy atom. The smallest absolute Gasteiger partial charge is 0.224 e. The SMILES string of the molecule is Cc1ccc(-c2nccc3[nH]c(C4=CC(C)C=Nc5ncc(-c6cncc(NC(=O)CC(C)C)c6)c(F)c54)nc23)s1. The van der Waals surface area contributed by atoms with Crippen molar-refractivity contribution in [1.82, 2.24) is 24.9 Å². The summed E-state index contributed by atoms with van der Waals surface area (Å²) in [5.74, 6) is 0.284. The van der Waals surface area contributed by atoms with Crippen molar-refractivity contribution in [2.45, 2.75) is 34.1 Å². The molecular weight excluding hydrogens is 537 g/mol. The number of rotatable bonds is 6. The number of H-pyrrole nitrogens is 1. The number of hydrogen-bond acceptors (Lipinski definition) is 7. The van der Waals surface area contributed by atoms with Gasteiger partial charge in [0.05, 0.1) is 27.8 Å². The van der Waals surface area contributed by atoms with Crippen LogP contribution in [0.25, 0.3) is 38.3 Å². The maximum Gasteiger partial charge on any atom is 0.224 e. The van der Waals surface area contributed by atoms with Gasteiger partial charge in [0, 0.05) is 58.7 Å². The fourth-order valence-corrected chi connectivity index (χ4v) is 5.70. The summed E-state index contributed by atoms with van der Waals surface area (Å²) < 4.78 is 16.5. The van der Waals surface area contributed by atoms with Crippen LogP contribution in [0.4, 0.5) is 15.9 Å². The van der Waals surface area contributed by atoms with Crippen LogP contribution >= 0.6 is 11.3 Å². The second kappa shape index (κ2) is 10.8. The highest BCUT2D eigenvalue weighted by atomic mass is 32.1. The maximum absolute atomic E-state index is 16.5. The molecule has 2 N–H and O–H groups in total. The molecule has 0 spiro atoms. The zero-order chi connectivity index (χ0) is 28.7. The predicted molar refractivity (Wildman–Crippen MR) is 162 cm³/mol. The maximum atomic E-state index is 16.5. The van der Waals surface area contributed by atoms with Gasteiger partial charge in [0.2, 0.25) is 5.91 Å². The molecule has 1 aliphatic heterocycles. The van der Waals surface area contributed by atoms with Crippen LogP contribution in [0.2, 0.25) is 0 Å². The van der Waals surface area contributed by atoms with E-state index in [2.05, 4.69) is 43.2 Å². The zero-order valence-electron chi connectivity index (χ0n) is 23.1. The number of carbonyl (C=O) groups is 1. The fourth-order valence-electron chi connectivity index (χ4n) is 4.84. The van der Waals surface area contributed by atoms with Crippen molar-refractivity contribution in [2.24, 2.45) is 16.8 Å². The van der Waals surface area contributed by atoms with Gasteiger partial charge in [-0.2, -0.15) is 0 Å². The summed E-state index contributed by atoms with van der Waals surface area (Å²) in [7, 11) is 0. The zero-order valence-corrected chi connectivity index (χ0v) is 23.9. The number of aryl methyl sites for hydroxylation is 1. The van der Waals surface area contributed by atoms with Crippen molar-refractivity contribution >= 4 is 51.6 Å². The number of aliphatic imine (C=N–C) groups is 1. The number of allylic oxidation sites excluding steroid dienone is 1. The molecule has 41 heavy (non-hydrogen) atoms. The van der Waals surface area contributed by atoms with Crippen LogP contribution in [0.5, 0.6) is 0 Å². The van der Waals surface area contributed by atoms with Crippen molar-refractivity contribution < 1.29 is 9.18 Å². The normalized spacial score (nSPS) is 14.7. The van der Waals surface area contributed by atoms with Crippen molar-refractivity contribution in [2.75, 3.05) is 5.32 Å². The largest absolute Gasteiger partial charge is 0.338 e. The van der Waals surface area contributed by atoms with Crippen molar-refractivity contribution in [3.63, 3.8) is 0 Å². The highest BCUT2D eigenvalue weighted by Crippen LogP contribution is 2.39. The van der Waals surface area contributed by atoms with E-state index in [1.165, 1.54) is 11.1 Å². The first-order valence-electron chi connectivity index (χ1n) is 13.4. The van der Waals surface area contributed by atoms with Gasteiger partial charge in [0.15, 0.2) is 5.82 Å². The molecule has 1 unspecified atom stereocenters. The molecular formula is C31H28FN7OS. The molecule has 1 amide bonds. The number of nitrogens with zero attached hydrogens (tertiary/aromatic N) is 5. The van der Waals surface area contributed by atoms with Crippen molar-refractivity contribution in [3.05, 3.63) is 77.2 Å². The molecule has 0 bridgehead atoms. The van der Waals surface area contributed by atoms with E-state index in [1.54, 1.807) is 42.2 Å². The molecule has 0 saturated heterocycles. The summed E-state index contributed by atoms with van der Waals surface area (Å²) in [5, 5.41) is 2.85. The molecule has 10 heteroatoms. The standard InChI is InChI=1S/C31H28FN7OS/c1-16(2)9-25(40)37-20-11-19(13-33-14-20)22-15-36-31-26(27(22)32)21(10-17(3)12-35-31)30-38-23-7-8-34-29(28(23)39-30)24-6-5-18(4)41-24/h5-8,10-17H,9H2,1-4H3,(H,37,40)(H,38,39). The van der Waals surface area contributed by atoms with E-state index in [0.29, 0.717) is 34.6 Å². The number of imidazole rings is 1. The van der Waals surface area contributed by atoms with E-state index < -0.39 is 5.82 Å². The number of thiophene rings is 1. The predicted octanol–water partition coefficient (Wildman–Crippen LogP) is 7.36. The Balaban J connectivity index is 1.45. The van der Waals surface area contributed by atoms with Gasteiger partial charge in [-0.1, -0.05) is 26.8 Å². The number of hydrogen-bond donors (Lipinski definition) is 2. The van der Waals surface area contributed by atoms with Crippen molar-refractivity contribution in [1.29, 1.82) is 0 Å². The average Bonchev–Trinajstić information content (AvgIpc) is 3.52. The van der Waals surface area contributed by atoms with E-state index in [0.717, 1.165) is 16.1 Å². The first-order chi connectivity index (χ1) is 19.8. The van der Waals surface area contributed by atoms with Crippen LogP contribution in [-0.2, 0) is 4.79 Å². The van der Waals surface area contributed by atoms with Gasteiger partial charge in [0.25, 0.3) is 0 Å². The topological polar surface area (TPSA) is 109 Å². The number of pyridine rings is 3. The first-order valence-corrected chi connectivity index (χ1v) is 14.2. The number of nitrogens with one attached hydrogen (secondary N) is 2. The lowest BCUT2D eigenvalue weighted by molar-refractivity contribution is -0.116. The van der Waals surface area contributed by atoms with Crippen LogP contribution in [0.15, 0.2) is 60.1 Å². The molecule has 5 aromatic rings. The minimum absolute atomic E-state index is 0.0889. The molecule has 6 rings (SSSR count).